The van der Waals surface area contributed by atoms with Crippen molar-refractivity contribution in [2.75, 3.05) is 0 Å². The van der Waals surface area contributed by atoms with Crippen LogP contribution < -0.4 is 0 Å². The molecule has 0 saturated carbocycles. The average molecular weight is 735 g/mol. The van der Waals surface area contributed by atoms with Gasteiger partial charge < -0.3 is 0 Å². The van der Waals surface area contributed by atoms with Crippen molar-refractivity contribution in [3.63, 3.8) is 0 Å². The van der Waals surface area contributed by atoms with Crippen LogP contribution in [0.25, 0.3) is 120 Å². The summed E-state index contributed by atoms with van der Waals surface area (Å²) >= 11 is 0. The van der Waals surface area contributed by atoms with Gasteiger partial charge in [0.05, 0.1) is 11.2 Å². The van der Waals surface area contributed by atoms with Crippen LogP contribution in [0.2, 0.25) is 0 Å². The molecule has 2 nitrogen and oxygen atoms in total. The zero-order chi connectivity index (χ0) is 38.2. The maximum atomic E-state index is 5.22. The van der Waals surface area contributed by atoms with Crippen molar-refractivity contribution in [2.45, 2.75) is 0 Å². The van der Waals surface area contributed by atoms with Gasteiger partial charge in [-0.2, -0.15) is 0 Å². The molecule has 268 valence electrons. The Morgan fingerprint density at radius 2 is 0.741 bits per heavy atom. The van der Waals surface area contributed by atoms with Gasteiger partial charge in [-0.1, -0.05) is 188 Å². The lowest BCUT2D eigenvalue weighted by atomic mass is 9.86. The molecule has 1 aromatic heterocycles. The molecule has 0 radical (unpaired) electrons. The molecule has 0 atom stereocenters. The minimum atomic E-state index is 0.729. The number of para-hydroxylation sites is 1. The monoisotopic (exact) mass is 734 g/mol. The standard InChI is InChI=1S/C56H34N2/c1-2-14-37(15-3-1)55-50-23-10-11-27-52(50)57-56(58-55)49-33-32-39(40-17-4-9-22-45(40)49)35-28-30-36(31-29-35)51-34-38-16-12-24-46-43-20-7-5-18-41(43)42-19-6-8-21-44(42)47-25-13-26-48(51)54(47)53(38)46/h1-34H. The molecule has 12 rings (SSSR count). The largest absolute Gasteiger partial charge is 0.228 e. The van der Waals surface area contributed by atoms with Crippen molar-refractivity contribution in [1.29, 1.82) is 0 Å². The number of fused-ring (bicyclic) bond motifs is 7. The first-order valence-corrected chi connectivity index (χ1v) is 19.9. The highest BCUT2D eigenvalue weighted by atomic mass is 14.9. The van der Waals surface area contributed by atoms with Crippen LogP contribution >= 0.6 is 0 Å². The second-order valence-electron chi connectivity index (χ2n) is 15.2. The molecule has 58 heavy (non-hydrogen) atoms. The van der Waals surface area contributed by atoms with E-state index in [1.54, 1.807) is 0 Å². The molecule has 11 aromatic carbocycles. The van der Waals surface area contributed by atoms with Gasteiger partial charge in [0.25, 0.3) is 0 Å². The van der Waals surface area contributed by atoms with Crippen LogP contribution in [-0.4, -0.2) is 9.97 Å². The van der Waals surface area contributed by atoms with Crippen molar-refractivity contribution in [3.05, 3.63) is 206 Å². The van der Waals surface area contributed by atoms with Gasteiger partial charge in [-0.25, -0.2) is 9.97 Å². The highest BCUT2D eigenvalue weighted by Gasteiger charge is 2.18. The topological polar surface area (TPSA) is 25.8 Å². The Hall–Kier alpha value is -7.68. The summed E-state index contributed by atoms with van der Waals surface area (Å²) in [6.07, 6.45) is 0. The van der Waals surface area contributed by atoms with E-state index in [2.05, 4.69) is 194 Å². The van der Waals surface area contributed by atoms with E-state index in [0.717, 1.165) is 38.9 Å². The average Bonchev–Trinajstić information content (AvgIpc) is 3.30. The summed E-state index contributed by atoms with van der Waals surface area (Å²) in [4.78, 5) is 10.3. The maximum Gasteiger partial charge on any atom is 0.161 e. The fourth-order valence-electron chi connectivity index (χ4n) is 9.43. The molecule has 0 bridgehead atoms. The van der Waals surface area contributed by atoms with Gasteiger partial charge in [-0.05, 0) is 105 Å². The lowest BCUT2D eigenvalue weighted by molar-refractivity contribution is 1.23. The molecule has 0 aliphatic carbocycles. The van der Waals surface area contributed by atoms with Crippen molar-refractivity contribution in [3.8, 4) is 44.9 Å². The van der Waals surface area contributed by atoms with E-state index in [9.17, 15) is 0 Å². The Bertz CT molecular complexity index is 3610. The van der Waals surface area contributed by atoms with Gasteiger partial charge in [0, 0.05) is 16.5 Å². The summed E-state index contributed by atoms with van der Waals surface area (Å²) in [6.45, 7) is 0. The summed E-state index contributed by atoms with van der Waals surface area (Å²) < 4.78 is 0. The Kier molecular flexibility index (Phi) is 7.26. The van der Waals surface area contributed by atoms with E-state index in [1.165, 1.54) is 81.5 Å². The fraction of sp³-hybridized carbons (Fsp3) is 0. The van der Waals surface area contributed by atoms with Crippen LogP contribution in [0.4, 0.5) is 0 Å². The number of nitrogens with zero attached hydrogens (tertiary/aromatic N) is 2. The normalized spacial score (nSPS) is 11.8. The van der Waals surface area contributed by atoms with Gasteiger partial charge in [-0.3, -0.25) is 0 Å². The minimum absolute atomic E-state index is 0.729. The minimum Gasteiger partial charge on any atom is -0.228 e. The first kappa shape index (κ1) is 32.6. The molecule has 0 spiro atoms. The fourth-order valence-corrected chi connectivity index (χ4v) is 9.43. The highest BCUT2D eigenvalue weighted by Crippen LogP contribution is 2.44. The number of aromatic nitrogens is 2. The molecule has 12 aromatic rings. The van der Waals surface area contributed by atoms with E-state index in [-0.39, 0.29) is 0 Å². The van der Waals surface area contributed by atoms with Gasteiger partial charge in [0.2, 0.25) is 0 Å². The number of benzene rings is 10. The van der Waals surface area contributed by atoms with Gasteiger partial charge >= 0.3 is 0 Å². The van der Waals surface area contributed by atoms with Crippen LogP contribution in [0, 0.1) is 0 Å². The Balaban J connectivity index is 1.03. The first-order valence-electron chi connectivity index (χ1n) is 19.9. The molecule has 0 aliphatic heterocycles. The molecule has 0 fully saturated rings. The van der Waals surface area contributed by atoms with Crippen molar-refractivity contribution >= 4 is 75.5 Å². The third-order valence-electron chi connectivity index (χ3n) is 12.0. The molecule has 0 saturated heterocycles. The van der Waals surface area contributed by atoms with Gasteiger partial charge in [0.1, 0.15) is 0 Å². The molecular weight excluding hydrogens is 701 g/mol. The maximum absolute atomic E-state index is 5.22. The number of hydrogen-bond donors (Lipinski definition) is 0. The number of rotatable bonds is 4. The molecule has 0 aliphatic rings. The molecule has 0 amide bonds. The summed E-state index contributed by atoms with van der Waals surface area (Å²) in [6, 6.07) is 74.7. The molecule has 0 unspecified atom stereocenters. The van der Waals surface area contributed by atoms with Gasteiger partial charge in [-0.15, -0.1) is 0 Å². The summed E-state index contributed by atoms with van der Waals surface area (Å²) in [5.41, 5.74) is 8.77. The predicted octanol–water partition coefficient (Wildman–Crippen LogP) is 15.2. The van der Waals surface area contributed by atoms with Crippen LogP contribution in [0.15, 0.2) is 206 Å². The molecular formula is C56H34N2. The SMILES string of the molecule is c1ccc(-c2nc(-c3ccc(-c4ccc(-c5cc6cccc7c8ccccc8c8ccccc8c8cccc5c8c67)cc4)c4ccccc34)nc3ccccc23)cc1. The van der Waals surface area contributed by atoms with E-state index < -0.39 is 0 Å². The molecule has 1 heterocycles. The third-order valence-corrected chi connectivity index (χ3v) is 12.0. The lowest BCUT2D eigenvalue weighted by Gasteiger charge is -2.17. The van der Waals surface area contributed by atoms with Crippen LogP contribution in [0.5, 0.6) is 0 Å². The van der Waals surface area contributed by atoms with E-state index in [4.69, 9.17) is 9.97 Å². The highest BCUT2D eigenvalue weighted by molar-refractivity contribution is 6.34. The lowest BCUT2D eigenvalue weighted by Crippen LogP contribution is -1.96. The summed E-state index contributed by atoms with van der Waals surface area (Å²) in [7, 11) is 0. The predicted molar refractivity (Wildman–Crippen MR) is 246 cm³/mol. The molecule has 2 heteroatoms. The van der Waals surface area contributed by atoms with Crippen LogP contribution in [0.3, 0.4) is 0 Å². The summed E-state index contributed by atoms with van der Waals surface area (Å²) in [5.74, 6) is 0.729. The Morgan fingerprint density at radius 1 is 0.259 bits per heavy atom. The van der Waals surface area contributed by atoms with Crippen molar-refractivity contribution in [2.24, 2.45) is 0 Å². The second-order valence-corrected chi connectivity index (χ2v) is 15.2. The van der Waals surface area contributed by atoms with E-state index >= 15 is 0 Å². The van der Waals surface area contributed by atoms with E-state index in [1.807, 2.05) is 12.1 Å². The number of hydrogen-bond acceptors (Lipinski definition) is 2. The Labute approximate surface area is 335 Å². The van der Waals surface area contributed by atoms with Crippen LogP contribution in [0.1, 0.15) is 0 Å². The summed E-state index contributed by atoms with van der Waals surface area (Å²) in [5, 5.41) is 16.1. The van der Waals surface area contributed by atoms with E-state index in [0.29, 0.717) is 0 Å². The quantitative estimate of drug-likeness (QED) is 0.168. The molecule has 0 N–H and O–H groups in total. The van der Waals surface area contributed by atoms with Crippen molar-refractivity contribution in [1.82, 2.24) is 9.97 Å². The smallest absolute Gasteiger partial charge is 0.161 e. The Morgan fingerprint density at radius 3 is 1.43 bits per heavy atom. The third kappa shape index (κ3) is 4.99. The zero-order valence-electron chi connectivity index (χ0n) is 31.5. The van der Waals surface area contributed by atoms with Crippen molar-refractivity contribution < 1.29 is 0 Å². The van der Waals surface area contributed by atoms with Gasteiger partial charge in [0.15, 0.2) is 5.82 Å². The van der Waals surface area contributed by atoms with Crippen LogP contribution in [-0.2, 0) is 0 Å². The first-order chi connectivity index (χ1) is 28.8. The zero-order valence-corrected chi connectivity index (χ0v) is 31.5. The second kappa shape index (κ2) is 12.9.